The summed E-state index contributed by atoms with van der Waals surface area (Å²) in [5.74, 6) is -0.226. The van der Waals surface area contributed by atoms with E-state index in [9.17, 15) is 18.0 Å². The van der Waals surface area contributed by atoms with Gasteiger partial charge >= 0.3 is 6.18 Å². The third kappa shape index (κ3) is 4.25. The van der Waals surface area contributed by atoms with Crippen LogP contribution in [0.3, 0.4) is 0 Å². The highest BCUT2D eigenvalue weighted by Gasteiger charge is 2.45. The molecule has 1 aromatic heterocycles. The molecule has 1 unspecified atom stereocenters. The number of halogens is 4. The summed E-state index contributed by atoms with van der Waals surface area (Å²) >= 11 is 5.70. The minimum atomic E-state index is -4.61. The largest absolute Gasteiger partial charge is 0.413 e. The predicted octanol–water partition coefficient (Wildman–Crippen LogP) is 3.94. The molecule has 2 rings (SSSR count). The van der Waals surface area contributed by atoms with Crippen LogP contribution in [0.1, 0.15) is 23.1 Å². The summed E-state index contributed by atoms with van der Waals surface area (Å²) in [4.78, 5) is 12.8. The maximum absolute atomic E-state index is 13.4. The highest BCUT2D eigenvalue weighted by Crippen LogP contribution is 2.37. The summed E-state index contributed by atoms with van der Waals surface area (Å²) in [6.07, 6.45) is -4.88. The lowest BCUT2D eigenvalue weighted by Crippen LogP contribution is -2.40. The van der Waals surface area contributed by atoms with Crippen LogP contribution in [-0.2, 0) is 11.2 Å². The van der Waals surface area contributed by atoms with Gasteiger partial charge in [-0.15, -0.1) is 0 Å². The van der Waals surface area contributed by atoms with E-state index in [4.69, 9.17) is 16.1 Å². The van der Waals surface area contributed by atoms with Crippen LogP contribution in [0.15, 0.2) is 34.9 Å². The van der Waals surface area contributed by atoms with Gasteiger partial charge in [0.1, 0.15) is 5.76 Å². The van der Waals surface area contributed by atoms with Crippen molar-refractivity contribution in [3.8, 4) is 0 Å². The van der Waals surface area contributed by atoms with Gasteiger partial charge in [0.25, 0.3) is 0 Å². The number of aryl methyl sites for hydroxylation is 1. The molecule has 1 heterocycles. The molecule has 23 heavy (non-hydrogen) atoms. The molecule has 0 N–H and O–H groups in total. The highest BCUT2D eigenvalue weighted by atomic mass is 35.5. The fraction of sp³-hybridized carbons (Fsp3) is 0.333. The zero-order chi connectivity index (χ0) is 17.2. The Bertz CT molecular complexity index is 683. The molecule has 1 amide bonds. The zero-order valence-corrected chi connectivity index (χ0v) is 13.1. The first-order valence-electron chi connectivity index (χ1n) is 6.68. The van der Waals surface area contributed by atoms with Crippen molar-refractivity contribution in [1.29, 1.82) is 0 Å². The summed E-state index contributed by atoms with van der Waals surface area (Å²) < 4.78 is 45.0. The van der Waals surface area contributed by atoms with E-state index in [0.29, 0.717) is 15.7 Å². The standard InChI is InChI=1S/C15H14ClF3N2O2/c1-9-7-12(20-23-9)8-13(22)21(2)14(15(17,18)19)10-3-5-11(16)6-4-10/h3-7,14H,8H2,1-2H3. The van der Waals surface area contributed by atoms with E-state index in [1.165, 1.54) is 30.3 Å². The molecule has 2 aromatic rings. The van der Waals surface area contributed by atoms with Crippen LogP contribution in [0.2, 0.25) is 5.02 Å². The number of hydrogen-bond donors (Lipinski definition) is 0. The highest BCUT2D eigenvalue weighted by molar-refractivity contribution is 6.30. The van der Waals surface area contributed by atoms with E-state index >= 15 is 0 Å². The van der Waals surface area contributed by atoms with Gasteiger partial charge in [-0.05, 0) is 24.6 Å². The number of alkyl halides is 3. The van der Waals surface area contributed by atoms with Crippen molar-refractivity contribution in [1.82, 2.24) is 10.1 Å². The van der Waals surface area contributed by atoms with Gasteiger partial charge < -0.3 is 9.42 Å². The Morgan fingerprint density at radius 3 is 2.43 bits per heavy atom. The summed E-state index contributed by atoms with van der Waals surface area (Å²) in [5, 5.41) is 3.94. The van der Waals surface area contributed by atoms with Gasteiger partial charge in [-0.2, -0.15) is 13.2 Å². The predicted molar refractivity (Wildman–Crippen MR) is 78.0 cm³/mol. The molecule has 0 fully saturated rings. The van der Waals surface area contributed by atoms with Gasteiger partial charge in [0.05, 0.1) is 12.1 Å². The second-order valence-electron chi connectivity index (χ2n) is 5.11. The van der Waals surface area contributed by atoms with E-state index in [-0.39, 0.29) is 17.7 Å². The van der Waals surface area contributed by atoms with Crippen molar-refractivity contribution in [3.63, 3.8) is 0 Å². The number of benzene rings is 1. The lowest BCUT2D eigenvalue weighted by atomic mass is 10.0. The van der Waals surface area contributed by atoms with Crippen LogP contribution < -0.4 is 0 Å². The summed E-state index contributed by atoms with van der Waals surface area (Å²) in [6, 6.07) is 4.68. The second-order valence-corrected chi connectivity index (χ2v) is 5.54. The SMILES string of the molecule is Cc1cc(CC(=O)N(C)C(c2ccc(Cl)cc2)C(F)(F)F)no1. The van der Waals surface area contributed by atoms with Gasteiger partial charge in [0.15, 0.2) is 6.04 Å². The fourth-order valence-corrected chi connectivity index (χ4v) is 2.33. The van der Waals surface area contributed by atoms with Gasteiger partial charge in [-0.1, -0.05) is 28.9 Å². The number of aromatic nitrogens is 1. The van der Waals surface area contributed by atoms with E-state index in [0.717, 1.165) is 7.05 Å². The first kappa shape index (κ1) is 17.3. The topological polar surface area (TPSA) is 46.3 Å². The Balaban J connectivity index is 2.24. The first-order chi connectivity index (χ1) is 10.7. The van der Waals surface area contributed by atoms with Gasteiger partial charge in [0.2, 0.25) is 5.91 Å². The number of hydrogen-bond acceptors (Lipinski definition) is 3. The van der Waals surface area contributed by atoms with Crippen LogP contribution in [-0.4, -0.2) is 29.2 Å². The Labute approximate surface area is 135 Å². The molecule has 1 atom stereocenters. The Morgan fingerprint density at radius 2 is 1.96 bits per heavy atom. The molecule has 0 aliphatic carbocycles. The fourth-order valence-electron chi connectivity index (χ4n) is 2.20. The number of likely N-dealkylation sites (N-methyl/N-ethyl adjacent to an activating group) is 1. The smallest absolute Gasteiger partial charge is 0.361 e. The van der Waals surface area contributed by atoms with Crippen LogP contribution >= 0.6 is 11.6 Å². The van der Waals surface area contributed by atoms with Gasteiger partial charge in [-0.25, -0.2) is 0 Å². The number of carbonyl (C=O) groups excluding carboxylic acids is 1. The Hall–Kier alpha value is -2.02. The molecule has 124 valence electrons. The first-order valence-corrected chi connectivity index (χ1v) is 7.06. The van der Waals surface area contributed by atoms with Gasteiger partial charge in [0, 0.05) is 18.1 Å². The summed E-state index contributed by atoms with van der Waals surface area (Å²) in [5.41, 5.74) is 0.227. The normalized spacial score (nSPS) is 13.0. The Kier molecular flexibility index (Phi) is 4.99. The molecule has 0 aliphatic rings. The molecule has 0 spiro atoms. The average Bonchev–Trinajstić information content (AvgIpc) is 2.85. The minimum absolute atomic E-state index is 0.0610. The maximum Gasteiger partial charge on any atom is 0.413 e. The minimum Gasteiger partial charge on any atom is -0.361 e. The number of amides is 1. The van der Waals surface area contributed by atoms with Gasteiger partial charge in [-0.3, -0.25) is 4.79 Å². The van der Waals surface area contributed by atoms with Crippen LogP contribution in [0.5, 0.6) is 0 Å². The maximum atomic E-state index is 13.4. The van der Waals surface area contributed by atoms with Crippen LogP contribution in [0.4, 0.5) is 13.2 Å². The van der Waals surface area contributed by atoms with Crippen molar-refractivity contribution in [3.05, 3.63) is 52.4 Å². The average molecular weight is 347 g/mol. The third-order valence-corrected chi connectivity index (χ3v) is 3.54. The summed E-state index contributed by atoms with van der Waals surface area (Å²) in [7, 11) is 1.11. The van der Waals surface area contributed by atoms with Crippen molar-refractivity contribution in [2.45, 2.75) is 25.6 Å². The number of rotatable bonds is 4. The molecule has 0 saturated carbocycles. The van der Waals surface area contributed by atoms with Crippen molar-refractivity contribution in [2.75, 3.05) is 7.05 Å². The van der Waals surface area contributed by atoms with E-state index in [1.807, 2.05) is 0 Å². The van der Waals surface area contributed by atoms with Crippen molar-refractivity contribution < 1.29 is 22.5 Å². The zero-order valence-electron chi connectivity index (χ0n) is 12.4. The molecule has 8 heteroatoms. The number of carbonyl (C=O) groups is 1. The molecule has 0 saturated heterocycles. The molecule has 0 aliphatic heterocycles. The molecule has 0 radical (unpaired) electrons. The second kappa shape index (κ2) is 6.62. The Morgan fingerprint density at radius 1 is 1.35 bits per heavy atom. The van der Waals surface area contributed by atoms with Crippen LogP contribution in [0.25, 0.3) is 0 Å². The monoisotopic (exact) mass is 346 g/mol. The summed E-state index contributed by atoms with van der Waals surface area (Å²) in [6.45, 7) is 1.64. The molecular weight excluding hydrogens is 333 g/mol. The van der Waals surface area contributed by atoms with Crippen molar-refractivity contribution >= 4 is 17.5 Å². The number of nitrogens with zero attached hydrogens (tertiary/aromatic N) is 2. The van der Waals surface area contributed by atoms with Crippen LogP contribution in [0, 0.1) is 6.92 Å². The van der Waals surface area contributed by atoms with E-state index < -0.39 is 18.1 Å². The molecular formula is C15H14ClF3N2O2. The lowest BCUT2D eigenvalue weighted by Gasteiger charge is -2.30. The molecule has 4 nitrogen and oxygen atoms in total. The lowest BCUT2D eigenvalue weighted by molar-refractivity contribution is -0.188. The molecule has 1 aromatic carbocycles. The van der Waals surface area contributed by atoms with E-state index in [2.05, 4.69) is 5.16 Å². The quantitative estimate of drug-likeness (QED) is 0.842. The van der Waals surface area contributed by atoms with Crippen molar-refractivity contribution in [2.24, 2.45) is 0 Å². The third-order valence-electron chi connectivity index (χ3n) is 3.29. The van der Waals surface area contributed by atoms with E-state index in [1.54, 1.807) is 6.92 Å². The molecule has 0 bridgehead atoms.